The number of benzene rings is 1. The Morgan fingerprint density at radius 2 is 2.04 bits per heavy atom. The number of rotatable bonds is 7. The Kier molecular flexibility index (Phi) is 4.79. The third kappa shape index (κ3) is 3.56. The quantitative estimate of drug-likeness (QED) is 0.571. The lowest BCUT2D eigenvalue weighted by molar-refractivity contribution is -0.137. The molecule has 0 aliphatic heterocycles. The van der Waals surface area contributed by atoms with Crippen LogP contribution in [0.25, 0.3) is 22.2 Å². The third-order valence-corrected chi connectivity index (χ3v) is 4.16. The second-order valence-electron chi connectivity index (χ2n) is 5.90. The van der Waals surface area contributed by atoms with Crippen LogP contribution in [-0.2, 0) is 11.2 Å². The molecule has 0 radical (unpaired) electrons. The van der Waals surface area contributed by atoms with Crippen LogP contribution in [0.15, 0.2) is 42.7 Å². The van der Waals surface area contributed by atoms with Gasteiger partial charge < -0.3 is 15.2 Å². The zero-order chi connectivity index (χ0) is 16.9. The standard InChI is InChI=1S/C19H20N2O3/c22-14-8-9-17-16(11-14)15(6-2-1-3-7-18(23)24)19(21-17)13-5-4-10-20-12-13/h4-5,8-12,21-22H,1-3,6-7H2,(H,23,24). The maximum Gasteiger partial charge on any atom is 0.303 e. The largest absolute Gasteiger partial charge is 0.508 e. The van der Waals surface area contributed by atoms with E-state index in [1.165, 1.54) is 0 Å². The molecule has 0 fully saturated rings. The fourth-order valence-electron chi connectivity index (χ4n) is 3.01. The highest BCUT2D eigenvalue weighted by molar-refractivity contribution is 5.91. The highest BCUT2D eigenvalue weighted by Gasteiger charge is 2.13. The third-order valence-electron chi connectivity index (χ3n) is 4.16. The molecule has 0 bridgehead atoms. The van der Waals surface area contributed by atoms with Gasteiger partial charge in [0.2, 0.25) is 0 Å². The Labute approximate surface area is 140 Å². The predicted octanol–water partition coefficient (Wildman–Crippen LogP) is 4.12. The number of aromatic hydroxyl groups is 1. The van der Waals surface area contributed by atoms with Gasteiger partial charge in [-0.15, -0.1) is 0 Å². The molecule has 24 heavy (non-hydrogen) atoms. The lowest BCUT2D eigenvalue weighted by atomic mass is 10.00. The molecule has 0 atom stereocenters. The Morgan fingerprint density at radius 1 is 1.17 bits per heavy atom. The number of carbonyl (C=O) groups is 1. The summed E-state index contributed by atoms with van der Waals surface area (Å²) < 4.78 is 0. The molecule has 3 aromatic rings. The number of carboxylic acids is 1. The summed E-state index contributed by atoms with van der Waals surface area (Å²) in [5, 5.41) is 19.5. The first-order valence-corrected chi connectivity index (χ1v) is 8.11. The van der Waals surface area contributed by atoms with Gasteiger partial charge in [-0.25, -0.2) is 0 Å². The number of unbranched alkanes of at least 4 members (excludes halogenated alkanes) is 2. The van der Waals surface area contributed by atoms with Gasteiger partial charge in [-0.05, 0) is 55.2 Å². The maximum absolute atomic E-state index is 10.6. The number of pyridine rings is 1. The van der Waals surface area contributed by atoms with Gasteiger partial charge in [-0.1, -0.05) is 6.42 Å². The molecule has 3 N–H and O–H groups in total. The fraction of sp³-hybridized carbons (Fsp3) is 0.263. The number of fused-ring (bicyclic) bond motifs is 1. The van der Waals surface area contributed by atoms with Crippen LogP contribution in [0.1, 0.15) is 31.2 Å². The number of phenolic OH excluding ortho intramolecular Hbond substituents is 1. The summed E-state index contributed by atoms with van der Waals surface area (Å²) in [6.45, 7) is 0. The summed E-state index contributed by atoms with van der Waals surface area (Å²) in [7, 11) is 0. The van der Waals surface area contributed by atoms with Crippen molar-refractivity contribution in [2.45, 2.75) is 32.1 Å². The van der Waals surface area contributed by atoms with Crippen LogP contribution in [0.3, 0.4) is 0 Å². The summed E-state index contributed by atoms with van der Waals surface area (Å²) in [5.74, 6) is -0.505. The summed E-state index contributed by atoms with van der Waals surface area (Å²) in [6.07, 6.45) is 7.05. The number of phenols is 1. The van der Waals surface area contributed by atoms with E-state index in [1.54, 1.807) is 18.3 Å². The highest BCUT2D eigenvalue weighted by atomic mass is 16.4. The van der Waals surface area contributed by atoms with Crippen molar-refractivity contribution in [1.82, 2.24) is 9.97 Å². The summed E-state index contributed by atoms with van der Waals surface area (Å²) in [6, 6.07) is 9.22. The average molecular weight is 324 g/mol. The van der Waals surface area contributed by atoms with Crippen LogP contribution >= 0.6 is 0 Å². The first-order chi connectivity index (χ1) is 11.6. The van der Waals surface area contributed by atoms with Gasteiger partial charge in [0.25, 0.3) is 0 Å². The molecule has 0 aliphatic carbocycles. The van der Waals surface area contributed by atoms with E-state index in [0.29, 0.717) is 6.42 Å². The topological polar surface area (TPSA) is 86.2 Å². The van der Waals surface area contributed by atoms with Crippen LogP contribution in [0, 0.1) is 0 Å². The molecule has 124 valence electrons. The molecule has 0 amide bonds. The predicted molar refractivity (Wildman–Crippen MR) is 93.0 cm³/mol. The Morgan fingerprint density at radius 3 is 2.79 bits per heavy atom. The second-order valence-corrected chi connectivity index (χ2v) is 5.90. The van der Waals surface area contributed by atoms with Crippen LogP contribution in [0.4, 0.5) is 0 Å². The number of aromatic nitrogens is 2. The number of aliphatic carboxylic acids is 1. The Bertz CT molecular complexity index is 840. The number of hydrogen-bond donors (Lipinski definition) is 3. The molecular formula is C19H20N2O3. The van der Waals surface area contributed by atoms with Gasteiger partial charge in [-0.3, -0.25) is 9.78 Å². The van der Waals surface area contributed by atoms with Gasteiger partial charge in [0.15, 0.2) is 0 Å². The highest BCUT2D eigenvalue weighted by Crippen LogP contribution is 2.33. The van der Waals surface area contributed by atoms with Crippen molar-refractivity contribution in [3.05, 3.63) is 48.3 Å². The van der Waals surface area contributed by atoms with E-state index in [9.17, 15) is 9.90 Å². The van der Waals surface area contributed by atoms with Gasteiger partial charge in [0.1, 0.15) is 5.75 Å². The van der Waals surface area contributed by atoms with E-state index in [1.807, 2.05) is 24.4 Å². The minimum Gasteiger partial charge on any atom is -0.508 e. The minimum atomic E-state index is -0.747. The SMILES string of the molecule is O=C(O)CCCCCc1c(-c2cccnc2)[nH]c2ccc(O)cc12. The zero-order valence-electron chi connectivity index (χ0n) is 13.3. The lowest BCUT2D eigenvalue weighted by Crippen LogP contribution is -1.95. The van der Waals surface area contributed by atoms with Crippen molar-refractivity contribution in [1.29, 1.82) is 0 Å². The number of nitrogens with zero attached hydrogens (tertiary/aromatic N) is 1. The van der Waals surface area contributed by atoms with E-state index in [4.69, 9.17) is 5.11 Å². The fourth-order valence-corrected chi connectivity index (χ4v) is 3.01. The molecule has 2 aromatic heterocycles. The molecule has 3 rings (SSSR count). The summed E-state index contributed by atoms with van der Waals surface area (Å²) in [5.41, 5.74) is 4.15. The first kappa shape index (κ1) is 16.1. The number of aromatic amines is 1. The van der Waals surface area contributed by atoms with E-state index in [0.717, 1.165) is 47.0 Å². The molecule has 0 unspecified atom stereocenters. The van der Waals surface area contributed by atoms with E-state index in [2.05, 4.69) is 9.97 Å². The van der Waals surface area contributed by atoms with Gasteiger partial charge in [-0.2, -0.15) is 0 Å². The number of carboxylic acid groups (broad SMARTS) is 1. The van der Waals surface area contributed by atoms with Gasteiger partial charge >= 0.3 is 5.97 Å². The molecule has 2 heterocycles. The molecular weight excluding hydrogens is 304 g/mol. The van der Waals surface area contributed by atoms with Crippen molar-refractivity contribution in [2.24, 2.45) is 0 Å². The summed E-state index contributed by atoms with van der Waals surface area (Å²) >= 11 is 0. The number of nitrogens with one attached hydrogen (secondary N) is 1. The zero-order valence-corrected chi connectivity index (χ0v) is 13.3. The van der Waals surface area contributed by atoms with Crippen molar-refractivity contribution in [3.8, 4) is 17.0 Å². The van der Waals surface area contributed by atoms with E-state index in [-0.39, 0.29) is 12.2 Å². The van der Waals surface area contributed by atoms with E-state index < -0.39 is 5.97 Å². The maximum atomic E-state index is 10.6. The van der Waals surface area contributed by atoms with Gasteiger partial charge in [0.05, 0.1) is 5.69 Å². The molecule has 0 saturated heterocycles. The van der Waals surface area contributed by atoms with Crippen LogP contribution in [0.5, 0.6) is 5.75 Å². The lowest BCUT2D eigenvalue weighted by Gasteiger charge is -2.05. The average Bonchev–Trinajstić information content (AvgIpc) is 2.93. The van der Waals surface area contributed by atoms with Crippen molar-refractivity contribution < 1.29 is 15.0 Å². The molecule has 0 spiro atoms. The Hall–Kier alpha value is -2.82. The molecule has 0 aliphatic rings. The Balaban J connectivity index is 1.88. The van der Waals surface area contributed by atoms with Gasteiger partial charge in [0, 0.05) is 35.3 Å². The van der Waals surface area contributed by atoms with Crippen LogP contribution in [-0.4, -0.2) is 26.2 Å². The molecule has 5 nitrogen and oxygen atoms in total. The van der Waals surface area contributed by atoms with Crippen LogP contribution < -0.4 is 0 Å². The van der Waals surface area contributed by atoms with Crippen molar-refractivity contribution in [3.63, 3.8) is 0 Å². The summed E-state index contributed by atoms with van der Waals surface area (Å²) in [4.78, 5) is 18.2. The molecule has 0 saturated carbocycles. The number of aryl methyl sites for hydroxylation is 1. The second kappa shape index (κ2) is 7.17. The normalized spacial score (nSPS) is 11.0. The van der Waals surface area contributed by atoms with Crippen molar-refractivity contribution >= 4 is 16.9 Å². The monoisotopic (exact) mass is 324 g/mol. The minimum absolute atomic E-state index is 0.212. The number of H-pyrrole nitrogens is 1. The van der Waals surface area contributed by atoms with E-state index >= 15 is 0 Å². The molecule has 1 aromatic carbocycles. The number of hydrogen-bond acceptors (Lipinski definition) is 3. The molecule has 5 heteroatoms. The smallest absolute Gasteiger partial charge is 0.303 e. The first-order valence-electron chi connectivity index (χ1n) is 8.11. The van der Waals surface area contributed by atoms with Crippen LogP contribution in [0.2, 0.25) is 0 Å². The van der Waals surface area contributed by atoms with Crippen molar-refractivity contribution in [2.75, 3.05) is 0 Å².